The average molecular weight is 235 g/mol. The first kappa shape index (κ1) is 11.2. The molecule has 0 atom stereocenters. The molecule has 0 amide bonds. The van der Waals surface area contributed by atoms with E-state index in [4.69, 9.17) is 11.6 Å². The Balaban J connectivity index is 2.88. The second-order valence-electron chi connectivity index (χ2n) is 3.85. The number of anilines is 1. The van der Waals surface area contributed by atoms with Gasteiger partial charge in [0, 0.05) is 23.8 Å². The quantitative estimate of drug-likeness (QED) is 0.855. The zero-order valence-electron chi connectivity index (χ0n) is 9.76. The molecular formula is C13H15ClN2. The van der Waals surface area contributed by atoms with Crippen LogP contribution in [0.25, 0.3) is 10.9 Å². The number of aromatic nitrogens is 1. The van der Waals surface area contributed by atoms with Crippen molar-refractivity contribution in [3.05, 3.63) is 34.5 Å². The SMILES string of the molecule is CCc1cc(NC)c2c(Cl)ccc(C)c2n1. The molecule has 1 N–H and O–H groups in total. The normalized spacial score (nSPS) is 10.8. The number of nitrogens with zero attached hydrogens (tertiary/aromatic N) is 1. The molecule has 2 nitrogen and oxygen atoms in total. The second-order valence-corrected chi connectivity index (χ2v) is 4.26. The molecule has 0 saturated heterocycles. The Hall–Kier alpha value is -1.28. The third-order valence-corrected chi connectivity index (χ3v) is 3.11. The lowest BCUT2D eigenvalue weighted by Gasteiger charge is -2.11. The first-order valence-electron chi connectivity index (χ1n) is 5.43. The zero-order valence-corrected chi connectivity index (χ0v) is 10.5. The van der Waals surface area contributed by atoms with Crippen molar-refractivity contribution in [2.45, 2.75) is 20.3 Å². The Morgan fingerprint density at radius 3 is 2.75 bits per heavy atom. The van der Waals surface area contributed by atoms with Gasteiger partial charge in [0.05, 0.1) is 10.5 Å². The Bertz CT molecular complexity index is 535. The average Bonchev–Trinajstić information content (AvgIpc) is 2.32. The molecule has 2 aromatic rings. The van der Waals surface area contributed by atoms with Crippen LogP contribution >= 0.6 is 11.6 Å². The van der Waals surface area contributed by atoms with Gasteiger partial charge in [-0.25, -0.2) is 0 Å². The van der Waals surface area contributed by atoms with Gasteiger partial charge in [-0.2, -0.15) is 0 Å². The van der Waals surface area contributed by atoms with Crippen LogP contribution in [0.5, 0.6) is 0 Å². The molecule has 1 aromatic carbocycles. The van der Waals surface area contributed by atoms with Gasteiger partial charge < -0.3 is 5.32 Å². The van der Waals surface area contributed by atoms with Crippen molar-refractivity contribution < 1.29 is 0 Å². The Labute approximate surface area is 101 Å². The number of hydrogen-bond donors (Lipinski definition) is 1. The van der Waals surface area contributed by atoms with Gasteiger partial charge in [-0.3, -0.25) is 4.98 Å². The summed E-state index contributed by atoms with van der Waals surface area (Å²) >= 11 is 6.23. The van der Waals surface area contributed by atoms with Crippen LogP contribution in [-0.4, -0.2) is 12.0 Å². The maximum Gasteiger partial charge on any atom is 0.0770 e. The molecule has 3 heteroatoms. The third kappa shape index (κ3) is 1.74. The molecule has 0 saturated carbocycles. The van der Waals surface area contributed by atoms with E-state index in [0.29, 0.717) is 0 Å². The highest BCUT2D eigenvalue weighted by molar-refractivity contribution is 6.36. The molecule has 16 heavy (non-hydrogen) atoms. The summed E-state index contributed by atoms with van der Waals surface area (Å²) < 4.78 is 0. The fourth-order valence-electron chi connectivity index (χ4n) is 1.86. The van der Waals surface area contributed by atoms with Crippen molar-refractivity contribution in [1.82, 2.24) is 4.98 Å². The molecule has 0 spiro atoms. The summed E-state index contributed by atoms with van der Waals surface area (Å²) in [5.74, 6) is 0. The van der Waals surface area contributed by atoms with E-state index in [9.17, 15) is 0 Å². The summed E-state index contributed by atoms with van der Waals surface area (Å²) in [6, 6.07) is 6.00. The monoisotopic (exact) mass is 234 g/mol. The highest BCUT2D eigenvalue weighted by atomic mass is 35.5. The van der Waals surface area contributed by atoms with Crippen LogP contribution in [0.1, 0.15) is 18.2 Å². The number of benzene rings is 1. The van der Waals surface area contributed by atoms with E-state index in [1.165, 1.54) is 0 Å². The molecule has 0 fully saturated rings. The van der Waals surface area contributed by atoms with E-state index < -0.39 is 0 Å². The Morgan fingerprint density at radius 1 is 1.38 bits per heavy atom. The summed E-state index contributed by atoms with van der Waals surface area (Å²) in [4.78, 5) is 4.64. The molecule has 0 aliphatic heterocycles. The molecule has 0 radical (unpaired) electrons. The zero-order chi connectivity index (χ0) is 11.7. The van der Waals surface area contributed by atoms with E-state index in [-0.39, 0.29) is 0 Å². The van der Waals surface area contributed by atoms with Crippen molar-refractivity contribution in [2.24, 2.45) is 0 Å². The maximum absolute atomic E-state index is 6.23. The van der Waals surface area contributed by atoms with Gasteiger partial charge in [0.25, 0.3) is 0 Å². The predicted octanol–water partition coefficient (Wildman–Crippen LogP) is 3.80. The van der Waals surface area contributed by atoms with Crippen LogP contribution in [0.3, 0.4) is 0 Å². The number of nitrogens with one attached hydrogen (secondary N) is 1. The number of halogens is 1. The molecule has 2 rings (SSSR count). The van der Waals surface area contributed by atoms with Gasteiger partial charge in [0.1, 0.15) is 0 Å². The molecule has 1 heterocycles. The maximum atomic E-state index is 6.23. The van der Waals surface area contributed by atoms with E-state index in [0.717, 1.165) is 39.3 Å². The van der Waals surface area contributed by atoms with Crippen LogP contribution in [0, 0.1) is 6.92 Å². The van der Waals surface area contributed by atoms with Gasteiger partial charge in [0.2, 0.25) is 0 Å². The third-order valence-electron chi connectivity index (χ3n) is 2.80. The van der Waals surface area contributed by atoms with Crippen LogP contribution in [0.15, 0.2) is 18.2 Å². The lowest BCUT2D eigenvalue weighted by Crippen LogP contribution is -1.97. The van der Waals surface area contributed by atoms with E-state index >= 15 is 0 Å². The molecular weight excluding hydrogens is 220 g/mol. The van der Waals surface area contributed by atoms with Gasteiger partial charge in [0.15, 0.2) is 0 Å². The molecule has 0 bridgehead atoms. The van der Waals surface area contributed by atoms with Crippen molar-refractivity contribution >= 4 is 28.2 Å². The fourth-order valence-corrected chi connectivity index (χ4v) is 2.12. The first-order valence-corrected chi connectivity index (χ1v) is 5.81. The molecule has 1 aromatic heterocycles. The number of hydrogen-bond acceptors (Lipinski definition) is 2. The lowest BCUT2D eigenvalue weighted by atomic mass is 10.1. The summed E-state index contributed by atoms with van der Waals surface area (Å²) in [6.07, 6.45) is 0.927. The van der Waals surface area contributed by atoms with Gasteiger partial charge in [-0.15, -0.1) is 0 Å². The minimum atomic E-state index is 0.750. The topological polar surface area (TPSA) is 24.9 Å². The van der Waals surface area contributed by atoms with Gasteiger partial charge in [-0.1, -0.05) is 24.6 Å². The number of rotatable bonds is 2. The minimum absolute atomic E-state index is 0.750. The van der Waals surface area contributed by atoms with E-state index in [1.54, 1.807) is 0 Å². The number of aryl methyl sites for hydroxylation is 2. The predicted molar refractivity (Wildman–Crippen MR) is 70.4 cm³/mol. The van der Waals surface area contributed by atoms with Crippen LogP contribution in [0.4, 0.5) is 5.69 Å². The van der Waals surface area contributed by atoms with E-state index in [2.05, 4.69) is 30.2 Å². The largest absolute Gasteiger partial charge is 0.387 e. The lowest BCUT2D eigenvalue weighted by molar-refractivity contribution is 1.05. The van der Waals surface area contributed by atoms with Crippen LogP contribution in [-0.2, 0) is 6.42 Å². The molecule has 0 unspecified atom stereocenters. The summed E-state index contributed by atoms with van der Waals surface area (Å²) in [5.41, 5.74) is 4.29. The molecule has 84 valence electrons. The molecule has 0 aliphatic carbocycles. The highest BCUT2D eigenvalue weighted by Gasteiger charge is 2.09. The van der Waals surface area contributed by atoms with Crippen LogP contribution in [0.2, 0.25) is 5.02 Å². The fraction of sp³-hybridized carbons (Fsp3) is 0.308. The summed E-state index contributed by atoms with van der Waals surface area (Å²) in [6.45, 7) is 4.16. The number of pyridine rings is 1. The Kier molecular flexibility index (Phi) is 3.01. The van der Waals surface area contributed by atoms with Crippen molar-refractivity contribution in [1.29, 1.82) is 0 Å². The number of fused-ring (bicyclic) bond motifs is 1. The highest BCUT2D eigenvalue weighted by Crippen LogP contribution is 2.31. The van der Waals surface area contributed by atoms with Gasteiger partial charge in [-0.05, 0) is 31.0 Å². The van der Waals surface area contributed by atoms with Crippen molar-refractivity contribution in [3.63, 3.8) is 0 Å². The molecule has 0 aliphatic rings. The standard InChI is InChI=1S/C13H15ClN2/c1-4-9-7-11(15-3)12-10(14)6-5-8(2)13(12)16-9/h5-7H,4H2,1-3H3,(H,15,16). The summed E-state index contributed by atoms with van der Waals surface area (Å²) in [7, 11) is 1.91. The second kappa shape index (κ2) is 4.30. The van der Waals surface area contributed by atoms with Crippen LogP contribution < -0.4 is 5.32 Å². The summed E-state index contributed by atoms with van der Waals surface area (Å²) in [5, 5.41) is 4.95. The smallest absolute Gasteiger partial charge is 0.0770 e. The van der Waals surface area contributed by atoms with Crippen molar-refractivity contribution in [3.8, 4) is 0 Å². The van der Waals surface area contributed by atoms with Gasteiger partial charge >= 0.3 is 0 Å². The van der Waals surface area contributed by atoms with Crippen molar-refractivity contribution in [2.75, 3.05) is 12.4 Å². The Morgan fingerprint density at radius 2 is 2.12 bits per heavy atom. The first-order chi connectivity index (χ1) is 7.67. The van der Waals surface area contributed by atoms with E-state index in [1.807, 2.05) is 19.2 Å². The minimum Gasteiger partial charge on any atom is -0.387 e.